The second-order valence-corrected chi connectivity index (χ2v) is 5.71. The maximum atomic E-state index is 12.3. The van der Waals surface area contributed by atoms with Gasteiger partial charge in [-0.2, -0.15) is 0 Å². The van der Waals surface area contributed by atoms with E-state index in [9.17, 15) is 4.79 Å². The van der Waals surface area contributed by atoms with Crippen LogP contribution in [0.3, 0.4) is 0 Å². The summed E-state index contributed by atoms with van der Waals surface area (Å²) < 4.78 is 4.99. The molecule has 0 spiro atoms. The third kappa shape index (κ3) is 3.91. The number of amides is 1. The lowest BCUT2D eigenvalue weighted by molar-refractivity contribution is -0.135. The minimum Gasteiger partial charge on any atom is -0.385 e. The van der Waals surface area contributed by atoms with Crippen molar-refractivity contribution >= 4 is 5.91 Å². The zero-order valence-corrected chi connectivity index (χ0v) is 12.0. The second-order valence-electron chi connectivity index (χ2n) is 5.71. The summed E-state index contributed by atoms with van der Waals surface area (Å²) in [5.74, 6) is 0.0981. The van der Waals surface area contributed by atoms with Crippen molar-refractivity contribution in [3.05, 3.63) is 0 Å². The Morgan fingerprint density at radius 1 is 1.32 bits per heavy atom. The first kappa shape index (κ1) is 14.8. The van der Waals surface area contributed by atoms with Gasteiger partial charge in [0, 0.05) is 32.8 Å². The van der Waals surface area contributed by atoms with Gasteiger partial charge in [0.05, 0.1) is 6.04 Å². The lowest BCUT2D eigenvalue weighted by Crippen LogP contribution is -2.53. The van der Waals surface area contributed by atoms with Crippen molar-refractivity contribution in [1.82, 2.24) is 9.80 Å². The lowest BCUT2D eigenvalue weighted by atomic mass is 10.0. The largest absolute Gasteiger partial charge is 0.385 e. The van der Waals surface area contributed by atoms with Crippen LogP contribution in [0.2, 0.25) is 0 Å². The number of nitrogens with zero attached hydrogens (tertiary/aromatic N) is 2. The standard InChI is InChI=1S/C14H27N3O2/c1-19-10-6-13(15)14(18)17-9-4-5-12(11-17)16-7-2-3-8-16/h12-13H,2-11,15H2,1H3. The summed E-state index contributed by atoms with van der Waals surface area (Å²) >= 11 is 0. The third-order valence-electron chi connectivity index (χ3n) is 4.32. The number of methoxy groups -OCH3 is 1. The molecule has 2 rings (SSSR count). The highest BCUT2D eigenvalue weighted by atomic mass is 16.5. The summed E-state index contributed by atoms with van der Waals surface area (Å²) in [7, 11) is 1.64. The highest BCUT2D eigenvalue weighted by molar-refractivity contribution is 5.81. The highest BCUT2D eigenvalue weighted by Gasteiger charge is 2.30. The molecule has 2 aliphatic rings. The van der Waals surface area contributed by atoms with Gasteiger partial charge in [0.15, 0.2) is 0 Å². The Labute approximate surface area is 116 Å². The van der Waals surface area contributed by atoms with Gasteiger partial charge < -0.3 is 15.4 Å². The van der Waals surface area contributed by atoms with Crippen molar-refractivity contribution in [2.75, 3.05) is 39.9 Å². The van der Waals surface area contributed by atoms with E-state index in [0.29, 0.717) is 19.1 Å². The molecule has 2 saturated heterocycles. The SMILES string of the molecule is COCCC(N)C(=O)N1CCCC(N2CCCC2)C1. The molecular weight excluding hydrogens is 242 g/mol. The smallest absolute Gasteiger partial charge is 0.239 e. The Bertz CT molecular complexity index is 292. The molecule has 0 bridgehead atoms. The van der Waals surface area contributed by atoms with Gasteiger partial charge in [-0.1, -0.05) is 0 Å². The van der Waals surface area contributed by atoms with E-state index in [1.807, 2.05) is 4.90 Å². The Kier molecular flexibility index (Phi) is 5.60. The second kappa shape index (κ2) is 7.22. The molecule has 0 aliphatic carbocycles. The van der Waals surface area contributed by atoms with Gasteiger partial charge in [0.2, 0.25) is 5.91 Å². The van der Waals surface area contributed by atoms with Crippen LogP contribution in [0, 0.1) is 0 Å². The monoisotopic (exact) mass is 269 g/mol. The van der Waals surface area contributed by atoms with Gasteiger partial charge >= 0.3 is 0 Å². The zero-order valence-electron chi connectivity index (χ0n) is 12.0. The summed E-state index contributed by atoms with van der Waals surface area (Å²) in [6.07, 6.45) is 5.54. The fourth-order valence-corrected chi connectivity index (χ4v) is 3.16. The summed E-state index contributed by atoms with van der Waals surface area (Å²) in [5, 5.41) is 0. The lowest BCUT2D eigenvalue weighted by Gasteiger charge is -2.38. The minimum absolute atomic E-state index is 0.0981. The Hall–Kier alpha value is -0.650. The predicted molar refractivity (Wildman–Crippen MR) is 74.9 cm³/mol. The van der Waals surface area contributed by atoms with Gasteiger partial charge in [0.1, 0.15) is 0 Å². The fourth-order valence-electron chi connectivity index (χ4n) is 3.16. The van der Waals surface area contributed by atoms with Gasteiger partial charge in [-0.25, -0.2) is 0 Å². The Morgan fingerprint density at radius 3 is 2.74 bits per heavy atom. The average molecular weight is 269 g/mol. The highest BCUT2D eigenvalue weighted by Crippen LogP contribution is 2.20. The van der Waals surface area contributed by atoms with Crippen molar-refractivity contribution in [2.45, 2.75) is 44.2 Å². The van der Waals surface area contributed by atoms with E-state index in [2.05, 4.69) is 4.90 Å². The first-order valence-electron chi connectivity index (χ1n) is 7.49. The summed E-state index contributed by atoms with van der Waals surface area (Å²) in [6, 6.07) is 0.145. The molecule has 2 heterocycles. The number of piperidine rings is 1. The maximum absolute atomic E-state index is 12.3. The van der Waals surface area contributed by atoms with Crippen LogP contribution in [0.25, 0.3) is 0 Å². The Morgan fingerprint density at radius 2 is 2.05 bits per heavy atom. The fraction of sp³-hybridized carbons (Fsp3) is 0.929. The summed E-state index contributed by atoms with van der Waals surface area (Å²) in [6.45, 7) is 4.67. The third-order valence-corrected chi connectivity index (χ3v) is 4.32. The molecule has 0 aromatic carbocycles. The van der Waals surface area contributed by atoms with E-state index in [-0.39, 0.29) is 5.91 Å². The first-order chi connectivity index (χ1) is 9.22. The van der Waals surface area contributed by atoms with Crippen LogP contribution in [-0.4, -0.2) is 67.7 Å². The van der Waals surface area contributed by atoms with Crippen LogP contribution in [0.4, 0.5) is 0 Å². The maximum Gasteiger partial charge on any atom is 0.239 e. The van der Waals surface area contributed by atoms with Crippen LogP contribution in [0.5, 0.6) is 0 Å². The van der Waals surface area contributed by atoms with E-state index in [4.69, 9.17) is 10.5 Å². The van der Waals surface area contributed by atoms with Crippen molar-refractivity contribution in [2.24, 2.45) is 5.73 Å². The molecule has 2 N–H and O–H groups in total. The van der Waals surface area contributed by atoms with Crippen LogP contribution >= 0.6 is 0 Å². The van der Waals surface area contributed by atoms with Crippen molar-refractivity contribution in [3.8, 4) is 0 Å². The number of carbonyl (C=O) groups is 1. The molecule has 19 heavy (non-hydrogen) atoms. The molecule has 2 unspecified atom stereocenters. The quantitative estimate of drug-likeness (QED) is 0.786. The normalized spacial score (nSPS) is 26.6. The number of hydrogen-bond acceptors (Lipinski definition) is 4. The average Bonchev–Trinajstić information content (AvgIpc) is 2.98. The topological polar surface area (TPSA) is 58.8 Å². The molecule has 0 saturated carbocycles. The van der Waals surface area contributed by atoms with Crippen molar-refractivity contribution < 1.29 is 9.53 Å². The molecular formula is C14H27N3O2. The molecule has 0 radical (unpaired) electrons. The van der Waals surface area contributed by atoms with E-state index >= 15 is 0 Å². The number of carbonyl (C=O) groups excluding carboxylic acids is 1. The van der Waals surface area contributed by atoms with Gasteiger partial charge in [0.25, 0.3) is 0 Å². The van der Waals surface area contributed by atoms with E-state index in [0.717, 1.165) is 19.5 Å². The molecule has 0 aromatic rings. The number of ether oxygens (including phenoxy) is 1. The molecule has 0 aromatic heterocycles. The number of rotatable bonds is 5. The molecule has 2 aliphatic heterocycles. The number of nitrogens with two attached hydrogens (primary N) is 1. The van der Waals surface area contributed by atoms with E-state index in [1.54, 1.807) is 7.11 Å². The van der Waals surface area contributed by atoms with Crippen LogP contribution < -0.4 is 5.73 Å². The predicted octanol–water partition coefficient (Wildman–Crippen LogP) is 0.437. The van der Waals surface area contributed by atoms with E-state index < -0.39 is 6.04 Å². The molecule has 2 fully saturated rings. The van der Waals surface area contributed by atoms with E-state index in [1.165, 1.54) is 32.4 Å². The molecule has 1 amide bonds. The van der Waals surface area contributed by atoms with Gasteiger partial charge in [-0.15, -0.1) is 0 Å². The van der Waals surface area contributed by atoms with Crippen molar-refractivity contribution in [1.29, 1.82) is 0 Å². The Balaban J connectivity index is 1.83. The number of hydrogen-bond donors (Lipinski definition) is 1. The minimum atomic E-state index is -0.405. The van der Waals surface area contributed by atoms with Gasteiger partial charge in [-0.3, -0.25) is 9.69 Å². The van der Waals surface area contributed by atoms with Crippen LogP contribution in [0.1, 0.15) is 32.1 Å². The van der Waals surface area contributed by atoms with Gasteiger partial charge in [-0.05, 0) is 45.2 Å². The first-order valence-corrected chi connectivity index (χ1v) is 7.49. The zero-order chi connectivity index (χ0) is 13.7. The molecule has 110 valence electrons. The molecule has 2 atom stereocenters. The summed E-state index contributed by atoms with van der Waals surface area (Å²) in [4.78, 5) is 16.8. The van der Waals surface area contributed by atoms with Crippen LogP contribution in [-0.2, 0) is 9.53 Å². The molecule has 5 nitrogen and oxygen atoms in total. The summed E-state index contributed by atoms with van der Waals surface area (Å²) in [5.41, 5.74) is 5.95. The molecule has 5 heteroatoms. The number of likely N-dealkylation sites (tertiary alicyclic amines) is 2. The van der Waals surface area contributed by atoms with Crippen LogP contribution in [0.15, 0.2) is 0 Å². The van der Waals surface area contributed by atoms with Crippen molar-refractivity contribution in [3.63, 3.8) is 0 Å².